The van der Waals surface area contributed by atoms with E-state index in [-0.39, 0.29) is 18.9 Å². The summed E-state index contributed by atoms with van der Waals surface area (Å²) in [6, 6.07) is 7.42. The van der Waals surface area contributed by atoms with Crippen LogP contribution in [0.5, 0.6) is 5.75 Å². The molecule has 0 aliphatic rings. The number of para-hydroxylation sites is 1. The van der Waals surface area contributed by atoms with Gasteiger partial charge in [-0.1, -0.05) is 24.6 Å². The fourth-order valence-electron chi connectivity index (χ4n) is 1.92. The van der Waals surface area contributed by atoms with Gasteiger partial charge in [0.05, 0.1) is 6.61 Å². The van der Waals surface area contributed by atoms with Gasteiger partial charge >= 0.3 is 5.97 Å². The maximum Gasteiger partial charge on any atom is 0.303 e. The Bertz CT molecular complexity index is 475. The summed E-state index contributed by atoms with van der Waals surface area (Å²) in [6.07, 6.45) is 2.35. The highest BCUT2D eigenvalue weighted by molar-refractivity contribution is 5.77. The summed E-state index contributed by atoms with van der Waals surface area (Å²) in [5.74, 6) is -0.335. The van der Waals surface area contributed by atoms with Crippen molar-refractivity contribution in [2.75, 3.05) is 20.3 Å². The lowest BCUT2D eigenvalue weighted by Crippen LogP contribution is -2.29. The maximum absolute atomic E-state index is 11.7. The molecule has 1 rings (SSSR count). The molecule has 0 aliphatic carbocycles. The van der Waals surface area contributed by atoms with Crippen LogP contribution in [0.4, 0.5) is 0 Å². The zero-order valence-electron chi connectivity index (χ0n) is 12.8. The van der Waals surface area contributed by atoms with Gasteiger partial charge in [-0.2, -0.15) is 0 Å². The molecule has 1 aromatic rings. The van der Waals surface area contributed by atoms with E-state index in [1.807, 2.05) is 18.2 Å². The molecule has 22 heavy (non-hydrogen) atoms. The summed E-state index contributed by atoms with van der Waals surface area (Å²) in [5, 5.41) is 11.3. The molecule has 2 N–H and O–H groups in total. The smallest absolute Gasteiger partial charge is 0.303 e. The molecule has 122 valence electrons. The topological polar surface area (TPSA) is 84.9 Å². The van der Waals surface area contributed by atoms with E-state index >= 15 is 0 Å². The third-order valence-corrected chi connectivity index (χ3v) is 3.02. The molecule has 0 aliphatic heterocycles. The Morgan fingerprint density at radius 2 is 1.95 bits per heavy atom. The predicted octanol–water partition coefficient (Wildman–Crippen LogP) is 1.97. The van der Waals surface area contributed by atoms with Crippen molar-refractivity contribution >= 4 is 11.9 Å². The van der Waals surface area contributed by atoms with Crippen LogP contribution in [0.15, 0.2) is 24.3 Å². The van der Waals surface area contributed by atoms with Crippen LogP contribution in [0.2, 0.25) is 0 Å². The maximum atomic E-state index is 11.7. The zero-order chi connectivity index (χ0) is 16.2. The second kappa shape index (κ2) is 10.6. The Labute approximate surface area is 130 Å². The van der Waals surface area contributed by atoms with E-state index in [1.54, 1.807) is 13.2 Å². The van der Waals surface area contributed by atoms with E-state index in [2.05, 4.69) is 5.32 Å². The van der Waals surface area contributed by atoms with Gasteiger partial charge in [-0.15, -0.1) is 0 Å². The van der Waals surface area contributed by atoms with Gasteiger partial charge in [-0.05, 0) is 18.9 Å². The summed E-state index contributed by atoms with van der Waals surface area (Å²) < 4.78 is 10.6. The Hall–Kier alpha value is -2.08. The Morgan fingerprint density at radius 1 is 1.18 bits per heavy atom. The molecule has 0 saturated carbocycles. The first-order valence-corrected chi connectivity index (χ1v) is 7.31. The van der Waals surface area contributed by atoms with Crippen molar-refractivity contribution in [2.45, 2.75) is 32.3 Å². The Morgan fingerprint density at radius 3 is 2.68 bits per heavy atom. The molecule has 6 nitrogen and oxygen atoms in total. The van der Waals surface area contributed by atoms with Crippen molar-refractivity contribution < 1.29 is 24.2 Å². The lowest BCUT2D eigenvalue weighted by atomic mass is 10.2. The van der Waals surface area contributed by atoms with Crippen LogP contribution in [-0.2, 0) is 20.9 Å². The van der Waals surface area contributed by atoms with Crippen molar-refractivity contribution in [1.82, 2.24) is 5.32 Å². The van der Waals surface area contributed by atoms with Crippen molar-refractivity contribution in [3.8, 4) is 5.75 Å². The van der Waals surface area contributed by atoms with Gasteiger partial charge in [0.15, 0.2) is 6.61 Å². The zero-order valence-corrected chi connectivity index (χ0v) is 12.8. The molecule has 0 heterocycles. The molecule has 0 radical (unpaired) electrons. The van der Waals surface area contributed by atoms with Crippen LogP contribution in [0.25, 0.3) is 0 Å². The second-order valence-corrected chi connectivity index (χ2v) is 4.88. The number of aliphatic carboxylic acids is 1. The lowest BCUT2D eigenvalue weighted by molar-refractivity contribution is -0.137. The van der Waals surface area contributed by atoms with Crippen LogP contribution in [0.3, 0.4) is 0 Å². The van der Waals surface area contributed by atoms with Gasteiger partial charge in [-0.3, -0.25) is 9.59 Å². The van der Waals surface area contributed by atoms with E-state index in [9.17, 15) is 9.59 Å². The Kier molecular flexibility index (Phi) is 8.67. The molecule has 0 unspecified atom stereocenters. The summed E-state index contributed by atoms with van der Waals surface area (Å²) in [7, 11) is 1.61. The molecule has 1 aromatic carbocycles. The van der Waals surface area contributed by atoms with E-state index in [1.165, 1.54) is 0 Å². The van der Waals surface area contributed by atoms with E-state index in [0.717, 1.165) is 18.4 Å². The number of unbranched alkanes of at least 4 members (excludes halogenated alkanes) is 2. The summed E-state index contributed by atoms with van der Waals surface area (Å²) in [5.41, 5.74) is 0.895. The highest BCUT2D eigenvalue weighted by Gasteiger charge is 2.06. The van der Waals surface area contributed by atoms with Crippen LogP contribution in [-0.4, -0.2) is 37.2 Å². The van der Waals surface area contributed by atoms with Crippen LogP contribution >= 0.6 is 0 Å². The monoisotopic (exact) mass is 309 g/mol. The van der Waals surface area contributed by atoms with Crippen molar-refractivity contribution in [3.05, 3.63) is 29.8 Å². The molecule has 0 saturated heterocycles. The first kappa shape index (κ1) is 18.0. The van der Waals surface area contributed by atoms with Gasteiger partial charge in [-0.25, -0.2) is 0 Å². The molecular weight excluding hydrogens is 286 g/mol. The normalized spacial score (nSPS) is 10.2. The van der Waals surface area contributed by atoms with Gasteiger partial charge < -0.3 is 19.9 Å². The minimum Gasteiger partial charge on any atom is -0.483 e. The molecule has 0 aromatic heterocycles. The number of amides is 1. The average molecular weight is 309 g/mol. The highest BCUT2D eigenvalue weighted by Crippen LogP contribution is 2.18. The summed E-state index contributed by atoms with van der Waals surface area (Å²) in [6.45, 7) is 0.915. The predicted molar refractivity (Wildman–Crippen MR) is 81.8 cm³/mol. The number of carbonyl (C=O) groups excluding carboxylic acids is 1. The molecule has 6 heteroatoms. The molecule has 1 amide bonds. The quantitative estimate of drug-likeness (QED) is 0.611. The number of benzene rings is 1. The minimum atomic E-state index is -0.785. The number of rotatable bonds is 11. The first-order valence-electron chi connectivity index (χ1n) is 7.31. The molecule has 0 spiro atoms. The SMILES string of the molecule is COCc1ccccc1OCC(=O)NCCCCCC(=O)O. The fraction of sp³-hybridized carbons (Fsp3) is 0.500. The van der Waals surface area contributed by atoms with Crippen molar-refractivity contribution in [2.24, 2.45) is 0 Å². The van der Waals surface area contributed by atoms with Crippen molar-refractivity contribution in [3.63, 3.8) is 0 Å². The molecule has 0 bridgehead atoms. The van der Waals surface area contributed by atoms with Gasteiger partial charge in [0, 0.05) is 25.6 Å². The van der Waals surface area contributed by atoms with Gasteiger partial charge in [0.1, 0.15) is 5.75 Å². The fourth-order valence-corrected chi connectivity index (χ4v) is 1.92. The number of carboxylic acids is 1. The summed E-state index contributed by atoms with van der Waals surface area (Å²) in [4.78, 5) is 22.0. The number of carboxylic acid groups (broad SMARTS) is 1. The number of carbonyl (C=O) groups is 2. The van der Waals surface area contributed by atoms with Gasteiger partial charge in [0.25, 0.3) is 5.91 Å². The lowest BCUT2D eigenvalue weighted by Gasteiger charge is -2.11. The Balaban J connectivity index is 2.19. The van der Waals surface area contributed by atoms with Crippen LogP contribution in [0.1, 0.15) is 31.2 Å². The standard InChI is InChI=1S/C16H23NO5/c1-21-11-13-7-4-5-8-14(13)22-12-15(18)17-10-6-2-3-9-16(19)20/h4-5,7-8H,2-3,6,9-12H2,1H3,(H,17,18)(H,19,20). The van der Waals surface area contributed by atoms with Crippen molar-refractivity contribution in [1.29, 1.82) is 0 Å². The third kappa shape index (κ3) is 7.64. The largest absolute Gasteiger partial charge is 0.483 e. The van der Waals surface area contributed by atoms with E-state index in [4.69, 9.17) is 14.6 Å². The average Bonchev–Trinajstić information content (AvgIpc) is 2.50. The number of nitrogens with one attached hydrogen (secondary N) is 1. The number of hydrogen-bond acceptors (Lipinski definition) is 4. The van der Waals surface area contributed by atoms with Gasteiger partial charge in [0.2, 0.25) is 0 Å². The number of hydrogen-bond donors (Lipinski definition) is 2. The van der Waals surface area contributed by atoms with E-state index in [0.29, 0.717) is 25.3 Å². The number of ether oxygens (including phenoxy) is 2. The second-order valence-electron chi connectivity index (χ2n) is 4.88. The first-order chi connectivity index (χ1) is 10.6. The van der Waals surface area contributed by atoms with Crippen LogP contribution < -0.4 is 10.1 Å². The summed E-state index contributed by atoms with van der Waals surface area (Å²) >= 11 is 0. The molecule has 0 atom stereocenters. The van der Waals surface area contributed by atoms with Crippen LogP contribution in [0, 0.1) is 0 Å². The number of methoxy groups -OCH3 is 1. The molecule has 0 fully saturated rings. The molecular formula is C16H23NO5. The third-order valence-electron chi connectivity index (χ3n) is 3.02. The minimum absolute atomic E-state index is 0.0458. The highest BCUT2D eigenvalue weighted by atomic mass is 16.5. The van der Waals surface area contributed by atoms with E-state index < -0.39 is 5.97 Å².